The number of aromatic nitrogens is 2. The molecule has 1 unspecified atom stereocenters. The van der Waals surface area contributed by atoms with E-state index in [2.05, 4.69) is 15.7 Å². The molecule has 7 heteroatoms. The highest BCUT2D eigenvalue weighted by molar-refractivity contribution is 6.02. The van der Waals surface area contributed by atoms with Crippen molar-refractivity contribution in [2.75, 3.05) is 11.9 Å². The molecule has 0 fully saturated rings. The summed E-state index contributed by atoms with van der Waals surface area (Å²) in [6, 6.07) is 7.97. The van der Waals surface area contributed by atoms with E-state index in [-0.39, 0.29) is 17.7 Å². The molecule has 2 aromatic rings. The van der Waals surface area contributed by atoms with Crippen molar-refractivity contribution in [1.29, 1.82) is 0 Å². The molecular weight excluding hydrogens is 320 g/mol. The maximum Gasteiger partial charge on any atom is 0.255 e. The van der Waals surface area contributed by atoms with Crippen LogP contribution in [0, 0.1) is 5.92 Å². The SMILES string of the molecule is CCOc1ccccc1C(=O)NC(C(=O)Nc1ccn(C)n1)C(C)C. The van der Waals surface area contributed by atoms with Crippen LogP contribution in [-0.2, 0) is 11.8 Å². The Morgan fingerprint density at radius 2 is 1.96 bits per heavy atom. The summed E-state index contributed by atoms with van der Waals surface area (Å²) in [7, 11) is 1.77. The maximum absolute atomic E-state index is 12.6. The molecule has 0 aliphatic rings. The van der Waals surface area contributed by atoms with Crippen LogP contribution >= 0.6 is 0 Å². The average molecular weight is 344 g/mol. The van der Waals surface area contributed by atoms with Gasteiger partial charge < -0.3 is 15.4 Å². The highest BCUT2D eigenvalue weighted by Crippen LogP contribution is 2.18. The predicted octanol–water partition coefficient (Wildman–Crippen LogP) is 2.21. The number of nitrogens with one attached hydrogen (secondary N) is 2. The molecule has 0 aliphatic heterocycles. The molecule has 0 spiro atoms. The Bertz CT molecular complexity index is 739. The first-order valence-corrected chi connectivity index (χ1v) is 8.25. The molecule has 1 aromatic carbocycles. The predicted molar refractivity (Wildman–Crippen MR) is 95.5 cm³/mol. The molecule has 0 bridgehead atoms. The summed E-state index contributed by atoms with van der Waals surface area (Å²) in [6.07, 6.45) is 1.73. The highest BCUT2D eigenvalue weighted by Gasteiger charge is 2.26. The van der Waals surface area contributed by atoms with Crippen LogP contribution in [0.25, 0.3) is 0 Å². The van der Waals surface area contributed by atoms with Gasteiger partial charge in [-0.2, -0.15) is 5.10 Å². The average Bonchev–Trinajstić information content (AvgIpc) is 2.97. The van der Waals surface area contributed by atoms with Gasteiger partial charge in [0.15, 0.2) is 5.82 Å². The van der Waals surface area contributed by atoms with Gasteiger partial charge in [0.05, 0.1) is 12.2 Å². The molecule has 134 valence electrons. The Morgan fingerprint density at radius 1 is 1.24 bits per heavy atom. The smallest absolute Gasteiger partial charge is 0.255 e. The van der Waals surface area contributed by atoms with Crippen molar-refractivity contribution < 1.29 is 14.3 Å². The van der Waals surface area contributed by atoms with E-state index in [1.54, 1.807) is 48.3 Å². The lowest BCUT2D eigenvalue weighted by Gasteiger charge is -2.21. The van der Waals surface area contributed by atoms with Crippen LogP contribution in [0.1, 0.15) is 31.1 Å². The Labute approximate surface area is 147 Å². The second-order valence-corrected chi connectivity index (χ2v) is 5.99. The lowest BCUT2D eigenvalue weighted by atomic mass is 10.0. The van der Waals surface area contributed by atoms with Crippen molar-refractivity contribution >= 4 is 17.6 Å². The van der Waals surface area contributed by atoms with Crippen LogP contribution in [0.2, 0.25) is 0 Å². The van der Waals surface area contributed by atoms with Crippen LogP contribution in [0.5, 0.6) is 5.75 Å². The molecule has 0 saturated carbocycles. The van der Waals surface area contributed by atoms with Crippen molar-refractivity contribution in [1.82, 2.24) is 15.1 Å². The van der Waals surface area contributed by atoms with Crippen molar-refractivity contribution in [3.8, 4) is 5.75 Å². The monoisotopic (exact) mass is 344 g/mol. The summed E-state index contributed by atoms with van der Waals surface area (Å²) in [6.45, 7) is 6.05. The van der Waals surface area contributed by atoms with Gasteiger partial charge in [-0.3, -0.25) is 14.3 Å². The van der Waals surface area contributed by atoms with Gasteiger partial charge in [0, 0.05) is 19.3 Å². The molecule has 1 atom stereocenters. The van der Waals surface area contributed by atoms with Crippen LogP contribution in [-0.4, -0.2) is 34.2 Å². The first-order valence-electron chi connectivity index (χ1n) is 8.25. The maximum atomic E-state index is 12.6. The van der Waals surface area contributed by atoms with E-state index in [0.29, 0.717) is 23.7 Å². The van der Waals surface area contributed by atoms with Gasteiger partial charge in [-0.15, -0.1) is 0 Å². The number of hydrogen-bond donors (Lipinski definition) is 2. The third kappa shape index (κ3) is 4.82. The van der Waals surface area contributed by atoms with Crippen molar-refractivity contribution in [3.05, 3.63) is 42.1 Å². The number of rotatable bonds is 7. The highest BCUT2D eigenvalue weighted by atomic mass is 16.5. The van der Waals surface area contributed by atoms with Crippen LogP contribution in [0.15, 0.2) is 36.5 Å². The number of carbonyl (C=O) groups is 2. The zero-order chi connectivity index (χ0) is 18.4. The topological polar surface area (TPSA) is 85.2 Å². The minimum absolute atomic E-state index is 0.0908. The Kier molecular flexibility index (Phi) is 6.16. The van der Waals surface area contributed by atoms with Crippen molar-refractivity contribution in [2.45, 2.75) is 26.8 Å². The fourth-order valence-electron chi connectivity index (χ4n) is 2.38. The van der Waals surface area contributed by atoms with Crippen LogP contribution < -0.4 is 15.4 Å². The molecule has 1 aromatic heterocycles. The standard InChI is InChI=1S/C18H24N4O3/c1-5-25-14-9-7-6-8-13(14)17(23)20-16(12(2)3)18(24)19-15-10-11-22(4)21-15/h6-12,16H,5H2,1-4H3,(H,20,23)(H,19,21,24). The van der Waals surface area contributed by atoms with Gasteiger partial charge in [-0.1, -0.05) is 26.0 Å². The van der Waals surface area contributed by atoms with Gasteiger partial charge in [0.1, 0.15) is 11.8 Å². The number of hydrogen-bond acceptors (Lipinski definition) is 4. The molecule has 2 amide bonds. The summed E-state index contributed by atoms with van der Waals surface area (Å²) < 4.78 is 7.08. The molecular formula is C18H24N4O3. The third-order valence-corrected chi connectivity index (χ3v) is 3.63. The van der Waals surface area contributed by atoms with E-state index in [1.165, 1.54) is 0 Å². The number of nitrogens with zero attached hydrogens (tertiary/aromatic N) is 2. The first kappa shape index (κ1) is 18.5. The third-order valence-electron chi connectivity index (χ3n) is 3.63. The fraction of sp³-hybridized carbons (Fsp3) is 0.389. The zero-order valence-electron chi connectivity index (χ0n) is 14.9. The number of anilines is 1. The lowest BCUT2D eigenvalue weighted by molar-refractivity contribution is -0.118. The number of ether oxygens (including phenoxy) is 1. The fourth-order valence-corrected chi connectivity index (χ4v) is 2.38. The van der Waals surface area contributed by atoms with E-state index >= 15 is 0 Å². The zero-order valence-corrected chi connectivity index (χ0v) is 14.9. The molecule has 0 saturated heterocycles. The van der Waals surface area contributed by atoms with E-state index in [0.717, 1.165) is 0 Å². The molecule has 25 heavy (non-hydrogen) atoms. The quantitative estimate of drug-likeness (QED) is 0.806. The van der Waals surface area contributed by atoms with Gasteiger partial charge >= 0.3 is 0 Å². The minimum atomic E-state index is -0.691. The van der Waals surface area contributed by atoms with Crippen LogP contribution in [0.4, 0.5) is 5.82 Å². The number of amides is 2. The number of aryl methyl sites for hydroxylation is 1. The Morgan fingerprint density at radius 3 is 2.56 bits per heavy atom. The van der Waals surface area contributed by atoms with Crippen LogP contribution in [0.3, 0.4) is 0 Å². The second-order valence-electron chi connectivity index (χ2n) is 5.99. The van der Waals surface area contributed by atoms with E-state index in [4.69, 9.17) is 4.74 Å². The number of para-hydroxylation sites is 1. The van der Waals surface area contributed by atoms with Gasteiger partial charge in [-0.05, 0) is 25.0 Å². The van der Waals surface area contributed by atoms with E-state index in [9.17, 15) is 9.59 Å². The summed E-state index contributed by atoms with van der Waals surface area (Å²) in [5.74, 6) is 0.194. The van der Waals surface area contributed by atoms with Crippen molar-refractivity contribution in [2.24, 2.45) is 13.0 Å². The molecule has 7 nitrogen and oxygen atoms in total. The summed E-state index contributed by atoms with van der Waals surface area (Å²) in [5, 5.41) is 9.64. The molecule has 2 N–H and O–H groups in total. The van der Waals surface area contributed by atoms with Gasteiger partial charge in [-0.25, -0.2) is 0 Å². The van der Waals surface area contributed by atoms with Crippen molar-refractivity contribution in [3.63, 3.8) is 0 Å². The largest absolute Gasteiger partial charge is 0.493 e. The Balaban J connectivity index is 2.13. The van der Waals surface area contributed by atoms with E-state index in [1.807, 2.05) is 20.8 Å². The number of carbonyl (C=O) groups excluding carboxylic acids is 2. The summed E-state index contributed by atoms with van der Waals surface area (Å²) in [5.41, 5.74) is 0.403. The lowest BCUT2D eigenvalue weighted by Crippen LogP contribution is -2.47. The molecule has 2 rings (SSSR count). The van der Waals surface area contributed by atoms with Gasteiger partial charge in [0.25, 0.3) is 5.91 Å². The Hall–Kier alpha value is -2.83. The molecule has 0 aliphatic carbocycles. The summed E-state index contributed by atoms with van der Waals surface area (Å²) in [4.78, 5) is 25.2. The first-order chi connectivity index (χ1) is 11.9. The minimum Gasteiger partial charge on any atom is -0.493 e. The number of benzene rings is 1. The normalized spacial score (nSPS) is 11.9. The molecule has 0 radical (unpaired) electrons. The second kappa shape index (κ2) is 8.32. The summed E-state index contributed by atoms with van der Waals surface area (Å²) >= 11 is 0. The molecule has 1 heterocycles. The van der Waals surface area contributed by atoms with Gasteiger partial charge in [0.2, 0.25) is 5.91 Å². The van der Waals surface area contributed by atoms with E-state index < -0.39 is 6.04 Å².